The predicted octanol–water partition coefficient (Wildman–Crippen LogP) is 1.47. The van der Waals surface area contributed by atoms with Crippen molar-refractivity contribution in [2.75, 3.05) is 0 Å². The number of hydrogen-bond donors (Lipinski definition) is 1. The average molecular weight is 324 g/mol. The fourth-order valence-corrected chi connectivity index (χ4v) is 2.72. The Labute approximate surface area is 138 Å². The molecule has 24 heavy (non-hydrogen) atoms. The lowest BCUT2D eigenvalue weighted by atomic mass is 10.0. The standard InChI is InChI=1S/C18H16N2O4/c1-12-17(11-14(21)10-13-6-2-5-9-18(13)22)20(24)16-8-4-3-7-15(16)19(12)23/h2-9,22H,10-11H2,1H3. The Kier molecular flexibility index (Phi) is 4.04. The molecule has 1 heterocycles. The Morgan fingerprint density at radius 2 is 1.54 bits per heavy atom. The quantitative estimate of drug-likeness (QED) is 0.581. The molecule has 3 rings (SSSR count). The summed E-state index contributed by atoms with van der Waals surface area (Å²) >= 11 is 0. The number of aromatic hydroxyl groups is 1. The molecule has 0 amide bonds. The van der Waals surface area contributed by atoms with Gasteiger partial charge in [0.2, 0.25) is 0 Å². The van der Waals surface area contributed by atoms with Gasteiger partial charge in [-0.05, 0) is 6.07 Å². The third-order valence-corrected chi connectivity index (χ3v) is 4.03. The maximum atomic E-state index is 12.5. The molecule has 3 aromatic rings. The molecular formula is C18H16N2O4. The van der Waals surface area contributed by atoms with E-state index in [0.29, 0.717) is 15.0 Å². The zero-order chi connectivity index (χ0) is 17.3. The van der Waals surface area contributed by atoms with E-state index in [4.69, 9.17) is 0 Å². The number of phenolic OH excluding ortho intramolecular Hbond substituents is 1. The molecule has 0 saturated heterocycles. The van der Waals surface area contributed by atoms with Gasteiger partial charge in [0.15, 0.2) is 0 Å². The van der Waals surface area contributed by atoms with E-state index in [1.54, 1.807) is 42.5 Å². The fraction of sp³-hybridized carbons (Fsp3) is 0.167. The van der Waals surface area contributed by atoms with Gasteiger partial charge in [0.25, 0.3) is 22.4 Å². The summed E-state index contributed by atoms with van der Waals surface area (Å²) in [6, 6.07) is 13.0. The number of Topliss-reactive ketones (excluding diaryl/α,β-unsaturated/α-hetero) is 1. The number of para-hydroxylation sites is 3. The van der Waals surface area contributed by atoms with Crippen LogP contribution < -0.4 is 9.46 Å². The number of rotatable bonds is 4. The zero-order valence-corrected chi connectivity index (χ0v) is 13.1. The molecule has 0 spiro atoms. The van der Waals surface area contributed by atoms with Crippen LogP contribution in [0.5, 0.6) is 5.75 Å². The molecule has 1 N–H and O–H groups in total. The smallest absolute Gasteiger partial charge is 0.290 e. The number of carbonyl (C=O) groups excluding carboxylic acids is 1. The Bertz CT molecular complexity index is 938. The summed E-state index contributed by atoms with van der Waals surface area (Å²) in [5.41, 5.74) is 1.32. The summed E-state index contributed by atoms with van der Waals surface area (Å²) in [6.45, 7) is 1.52. The minimum Gasteiger partial charge on any atom is -0.618 e. The van der Waals surface area contributed by atoms with Gasteiger partial charge in [0.05, 0.1) is 6.42 Å². The lowest BCUT2D eigenvalue weighted by molar-refractivity contribution is -0.639. The summed E-state index contributed by atoms with van der Waals surface area (Å²) in [6.07, 6.45) is -0.172. The normalized spacial score (nSPS) is 10.9. The SMILES string of the molecule is Cc1c(CC(=O)Cc2ccccc2O)[n+]([O-])c2ccccc2[n+]1[O-]. The average Bonchev–Trinajstić information content (AvgIpc) is 2.59. The van der Waals surface area contributed by atoms with Gasteiger partial charge in [-0.15, -0.1) is 0 Å². The molecule has 122 valence electrons. The highest BCUT2D eigenvalue weighted by Gasteiger charge is 2.26. The Hall–Kier alpha value is -3.15. The van der Waals surface area contributed by atoms with E-state index >= 15 is 0 Å². The monoisotopic (exact) mass is 324 g/mol. The second-order valence-corrected chi connectivity index (χ2v) is 5.63. The summed E-state index contributed by atoms with van der Waals surface area (Å²) in [7, 11) is 0. The maximum Gasteiger partial charge on any atom is 0.290 e. The van der Waals surface area contributed by atoms with Crippen LogP contribution in [0.2, 0.25) is 0 Å². The first-order chi connectivity index (χ1) is 11.5. The van der Waals surface area contributed by atoms with Gasteiger partial charge in [0.1, 0.15) is 11.5 Å². The molecule has 6 nitrogen and oxygen atoms in total. The first kappa shape index (κ1) is 15.7. The van der Waals surface area contributed by atoms with E-state index in [1.165, 1.54) is 13.0 Å². The van der Waals surface area contributed by atoms with Crippen LogP contribution in [0.4, 0.5) is 0 Å². The molecule has 6 heteroatoms. The molecule has 0 aliphatic carbocycles. The molecular weight excluding hydrogens is 308 g/mol. The highest BCUT2D eigenvalue weighted by Crippen LogP contribution is 2.17. The van der Waals surface area contributed by atoms with Crippen LogP contribution in [0.25, 0.3) is 11.0 Å². The summed E-state index contributed by atoms with van der Waals surface area (Å²) in [5, 5.41) is 34.6. The van der Waals surface area contributed by atoms with Crippen molar-refractivity contribution in [1.82, 2.24) is 0 Å². The predicted molar refractivity (Wildman–Crippen MR) is 87.1 cm³/mol. The van der Waals surface area contributed by atoms with Crippen molar-refractivity contribution >= 4 is 16.8 Å². The van der Waals surface area contributed by atoms with Crippen molar-refractivity contribution < 1.29 is 19.4 Å². The molecule has 0 radical (unpaired) electrons. The fourth-order valence-electron chi connectivity index (χ4n) is 2.72. The van der Waals surface area contributed by atoms with Crippen molar-refractivity contribution in [2.45, 2.75) is 19.8 Å². The third kappa shape index (κ3) is 2.74. The van der Waals surface area contributed by atoms with E-state index in [-0.39, 0.29) is 46.8 Å². The zero-order valence-electron chi connectivity index (χ0n) is 13.1. The number of phenols is 1. The van der Waals surface area contributed by atoms with Gasteiger partial charge in [-0.3, -0.25) is 4.79 Å². The van der Waals surface area contributed by atoms with Gasteiger partial charge in [-0.25, -0.2) is 0 Å². The van der Waals surface area contributed by atoms with E-state index in [0.717, 1.165) is 0 Å². The number of carbonyl (C=O) groups is 1. The van der Waals surface area contributed by atoms with Crippen LogP contribution >= 0.6 is 0 Å². The van der Waals surface area contributed by atoms with Gasteiger partial charge < -0.3 is 15.5 Å². The van der Waals surface area contributed by atoms with E-state index in [2.05, 4.69) is 0 Å². The Balaban J connectivity index is 1.95. The van der Waals surface area contributed by atoms with E-state index in [9.17, 15) is 20.3 Å². The van der Waals surface area contributed by atoms with Crippen molar-refractivity contribution in [3.05, 3.63) is 75.9 Å². The summed E-state index contributed by atoms with van der Waals surface area (Å²) in [4.78, 5) is 12.3. The van der Waals surface area contributed by atoms with Crippen LogP contribution in [0, 0.1) is 17.3 Å². The minimum absolute atomic E-state index is 0.00219. The highest BCUT2D eigenvalue weighted by atomic mass is 16.5. The molecule has 0 atom stereocenters. The molecule has 0 bridgehead atoms. The summed E-state index contributed by atoms with van der Waals surface area (Å²) < 4.78 is 1.31. The molecule has 0 saturated carbocycles. The van der Waals surface area contributed by atoms with Gasteiger partial charge in [-0.2, -0.15) is 9.46 Å². The van der Waals surface area contributed by atoms with Crippen molar-refractivity contribution in [1.29, 1.82) is 0 Å². The van der Waals surface area contributed by atoms with Gasteiger partial charge in [0, 0.05) is 31.0 Å². The molecule has 0 fully saturated rings. The molecule has 2 aromatic carbocycles. The van der Waals surface area contributed by atoms with Crippen LogP contribution in [0.1, 0.15) is 17.0 Å². The Morgan fingerprint density at radius 3 is 2.21 bits per heavy atom. The number of benzene rings is 2. The molecule has 0 unspecified atom stereocenters. The lowest BCUT2D eigenvalue weighted by Gasteiger charge is -2.11. The number of nitrogens with zero attached hydrogens (tertiary/aromatic N) is 2. The second-order valence-electron chi connectivity index (χ2n) is 5.63. The number of ketones is 1. The number of hydrogen-bond acceptors (Lipinski definition) is 4. The van der Waals surface area contributed by atoms with Crippen molar-refractivity contribution in [2.24, 2.45) is 0 Å². The molecule has 1 aromatic heterocycles. The largest absolute Gasteiger partial charge is 0.618 e. The van der Waals surface area contributed by atoms with Crippen molar-refractivity contribution in [3.8, 4) is 5.75 Å². The van der Waals surface area contributed by atoms with Crippen LogP contribution in [0.3, 0.4) is 0 Å². The van der Waals surface area contributed by atoms with Gasteiger partial charge >= 0.3 is 0 Å². The first-order valence-electron chi connectivity index (χ1n) is 7.51. The lowest BCUT2D eigenvalue weighted by Crippen LogP contribution is -2.45. The van der Waals surface area contributed by atoms with Crippen molar-refractivity contribution in [3.63, 3.8) is 0 Å². The minimum atomic E-state index is -0.250. The first-order valence-corrected chi connectivity index (χ1v) is 7.51. The van der Waals surface area contributed by atoms with E-state index < -0.39 is 0 Å². The van der Waals surface area contributed by atoms with Crippen LogP contribution in [0.15, 0.2) is 48.5 Å². The second kappa shape index (κ2) is 6.16. The third-order valence-electron chi connectivity index (χ3n) is 4.03. The number of fused-ring (bicyclic) bond motifs is 1. The van der Waals surface area contributed by atoms with Crippen LogP contribution in [-0.2, 0) is 17.6 Å². The maximum absolute atomic E-state index is 12.5. The number of aromatic nitrogens is 2. The Morgan fingerprint density at radius 1 is 0.958 bits per heavy atom. The highest BCUT2D eigenvalue weighted by molar-refractivity contribution is 5.83. The van der Waals surface area contributed by atoms with Crippen LogP contribution in [-0.4, -0.2) is 10.9 Å². The summed E-state index contributed by atoms with van der Waals surface area (Å²) in [5.74, 6) is -0.213. The van der Waals surface area contributed by atoms with E-state index in [1.807, 2.05) is 0 Å². The molecule has 0 aliphatic rings. The topological polar surface area (TPSA) is 91.2 Å². The molecule has 0 aliphatic heterocycles. The van der Waals surface area contributed by atoms with Gasteiger partial charge in [-0.1, -0.05) is 30.3 Å².